The molecule has 2 aromatic carbocycles. The second-order valence-corrected chi connectivity index (χ2v) is 7.31. The minimum absolute atomic E-state index is 0.195. The van der Waals surface area contributed by atoms with E-state index in [2.05, 4.69) is 20.0 Å². The lowest BCUT2D eigenvalue weighted by Crippen LogP contribution is -2.45. The maximum absolute atomic E-state index is 12.7. The number of rotatable bonds is 6. The van der Waals surface area contributed by atoms with Gasteiger partial charge in [-0.3, -0.25) is 14.5 Å². The van der Waals surface area contributed by atoms with E-state index in [1.54, 1.807) is 12.1 Å². The van der Waals surface area contributed by atoms with Gasteiger partial charge >= 0.3 is 12.1 Å². The molecule has 3 aromatic rings. The summed E-state index contributed by atoms with van der Waals surface area (Å²) in [4.78, 5) is 29.9. The molecular weight excluding hydrogens is 425 g/mol. The Morgan fingerprint density at radius 1 is 1.12 bits per heavy atom. The Morgan fingerprint density at radius 3 is 2.50 bits per heavy atom. The van der Waals surface area contributed by atoms with Crippen molar-refractivity contribution in [3.05, 3.63) is 66.1 Å². The first-order chi connectivity index (χ1) is 15.3. The lowest BCUT2D eigenvalue weighted by atomic mass is 10.1. The lowest BCUT2D eigenvalue weighted by molar-refractivity contribution is -0.159. The van der Waals surface area contributed by atoms with Crippen molar-refractivity contribution in [2.45, 2.75) is 31.5 Å². The summed E-state index contributed by atoms with van der Waals surface area (Å²) in [7, 11) is 0. The minimum atomic E-state index is -4.73. The van der Waals surface area contributed by atoms with Crippen LogP contribution < -0.4 is 10.2 Å². The molecule has 32 heavy (non-hydrogen) atoms. The zero-order valence-corrected chi connectivity index (χ0v) is 16.8. The maximum atomic E-state index is 12.7. The summed E-state index contributed by atoms with van der Waals surface area (Å²) < 4.78 is 42.2. The summed E-state index contributed by atoms with van der Waals surface area (Å²) in [6, 6.07) is 15.1. The van der Waals surface area contributed by atoms with Gasteiger partial charge in [0.1, 0.15) is 6.04 Å². The second kappa shape index (κ2) is 8.81. The van der Waals surface area contributed by atoms with Crippen LogP contribution in [0, 0.1) is 0 Å². The topological polar surface area (TPSA) is 88.3 Å². The number of nitrogens with one attached hydrogen (secondary N) is 1. The third-order valence-corrected chi connectivity index (χ3v) is 5.14. The largest absolute Gasteiger partial charge is 0.471 e. The van der Waals surface area contributed by atoms with E-state index in [1.165, 1.54) is 17.0 Å². The molecule has 4 rings (SSSR count). The number of aromatic nitrogens is 2. The number of halogens is 3. The van der Waals surface area contributed by atoms with E-state index in [4.69, 9.17) is 0 Å². The number of amides is 2. The molecular formula is C22H19F3N4O3. The van der Waals surface area contributed by atoms with Crippen LogP contribution in [-0.4, -0.2) is 34.5 Å². The fourth-order valence-electron chi connectivity index (χ4n) is 3.58. The van der Waals surface area contributed by atoms with Gasteiger partial charge in [0.15, 0.2) is 0 Å². The van der Waals surface area contributed by atoms with E-state index in [0.29, 0.717) is 30.6 Å². The third-order valence-electron chi connectivity index (χ3n) is 5.14. The Labute approximate surface area is 181 Å². The molecule has 0 aliphatic carbocycles. The number of hydrogen-bond acceptors (Lipinski definition) is 5. The maximum Gasteiger partial charge on any atom is 0.471 e. The monoisotopic (exact) mass is 444 g/mol. The Morgan fingerprint density at radius 2 is 1.84 bits per heavy atom. The van der Waals surface area contributed by atoms with Crippen LogP contribution in [0.2, 0.25) is 0 Å². The minimum Gasteiger partial charge on any atom is -0.354 e. The Balaban J connectivity index is 1.43. The van der Waals surface area contributed by atoms with Crippen LogP contribution in [0.25, 0.3) is 11.4 Å². The van der Waals surface area contributed by atoms with Gasteiger partial charge in [-0.15, -0.1) is 0 Å². The zero-order valence-electron chi connectivity index (χ0n) is 16.8. The molecule has 0 spiro atoms. The molecule has 1 unspecified atom stereocenters. The van der Waals surface area contributed by atoms with Crippen molar-refractivity contribution in [3.63, 3.8) is 0 Å². The molecule has 10 heteroatoms. The molecule has 1 atom stereocenters. The summed E-state index contributed by atoms with van der Waals surface area (Å²) in [6.45, 7) is 0.444. The molecule has 1 N–H and O–H groups in total. The van der Waals surface area contributed by atoms with Crippen LogP contribution in [0.3, 0.4) is 0 Å². The standard InChI is InChI=1S/C22H19F3N4O3/c23-22(24,25)21-27-19(28-32-21)15-6-8-16(9-7-15)29-17(10-11-18(29)30)20(31)26-13-12-14-4-2-1-3-5-14/h1-9,17H,10-13H2,(H,26,31). The van der Waals surface area contributed by atoms with Crippen LogP contribution in [0.1, 0.15) is 24.3 Å². The molecule has 2 amide bonds. The summed E-state index contributed by atoms with van der Waals surface area (Å²) in [5, 5.41) is 6.22. The highest BCUT2D eigenvalue weighted by Gasteiger charge is 2.39. The van der Waals surface area contributed by atoms with Crippen molar-refractivity contribution in [1.29, 1.82) is 0 Å². The van der Waals surface area contributed by atoms with Gasteiger partial charge in [-0.05, 0) is 42.7 Å². The van der Waals surface area contributed by atoms with Gasteiger partial charge in [0.05, 0.1) is 0 Å². The molecule has 1 aliphatic rings. The van der Waals surface area contributed by atoms with Crippen molar-refractivity contribution < 1.29 is 27.3 Å². The average molecular weight is 444 g/mol. The smallest absolute Gasteiger partial charge is 0.354 e. The summed E-state index contributed by atoms with van der Waals surface area (Å²) in [5.41, 5.74) is 1.86. The van der Waals surface area contributed by atoms with Crippen LogP contribution in [-0.2, 0) is 22.2 Å². The van der Waals surface area contributed by atoms with E-state index < -0.39 is 18.1 Å². The lowest BCUT2D eigenvalue weighted by Gasteiger charge is -2.24. The van der Waals surface area contributed by atoms with Gasteiger partial charge in [-0.1, -0.05) is 35.5 Å². The van der Waals surface area contributed by atoms with Gasteiger partial charge in [0.2, 0.25) is 17.6 Å². The summed E-state index contributed by atoms with van der Waals surface area (Å²) >= 11 is 0. The second-order valence-electron chi connectivity index (χ2n) is 7.31. The number of benzene rings is 2. The van der Waals surface area contributed by atoms with Crippen molar-refractivity contribution in [3.8, 4) is 11.4 Å². The first kappa shape index (κ1) is 21.5. The number of carbonyl (C=O) groups excluding carboxylic acids is 2. The fourth-order valence-corrected chi connectivity index (χ4v) is 3.58. The number of hydrogen-bond donors (Lipinski definition) is 1. The number of anilines is 1. The van der Waals surface area contributed by atoms with Gasteiger partial charge < -0.3 is 9.84 Å². The van der Waals surface area contributed by atoms with E-state index in [1.807, 2.05) is 30.3 Å². The molecule has 0 saturated carbocycles. The zero-order chi connectivity index (χ0) is 22.7. The van der Waals surface area contributed by atoms with Crippen LogP contribution in [0.4, 0.5) is 18.9 Å². The SMILES string of the molecule is O=C(NCCc1ccccc1)C1CCC(=O)N1c1ccc(-c2noc(C(F)(F)F)n2)cc1. The fraction of sp³-hybridized carbons (Fsp3) is 0.273. The third kappa shape index (κ3) is 4.63. The molecule has 1 fully saturated rings. The molecule has 1 saturated heterocycles. The first-order valence-electron chi connectivity index (χ1n) is 9.98. The molecule has 7 nitrogen and oxygen atoms in total. The molecule has 1 aromatic heterocycles. The van der Waals surface area contributed by atoms with Crippen molar-refractivity contribution in [2.24, 2.45) is 0 Å². The molecule has 2 heterocycles. The highest BCUT2D eigenvalue weighted by molar-refractivity contribution is 6.03. The summed E-state index contributed by atoms with van der Waals surface area (Å²) in [6.07, 6.45) is -3.43. The van der Waals surface area contributed by atoms with E-state index >= 15 is 0 Å². The Kier molecular flexibility index (Phi) is 5.93. The first-order valence-corrected chi connectivity index (χ1v) is 9.98. The summed E-state index contributed by atoms with van der Waals surface area (Å²) in [5.74, 6) is -2.09. The van der Waals surface area contributed by atoms with Gasteiger partial charge in [-0.2, -0.15) is 18.2 Å². The average Bonchev–Trinajstić information content (AvgIpc) is 3.42. The van der Waals surface area contributed by atoms with E-state index in [0.717, 1.165) is 5.56 Å². The van der Waals surface area contributed by atoms with Gasteiger partial charge in [0.25, 0.3) is 0 Å². The normalized spacial score (nSPS) is 16.4. The molecule has 166 valence electrons. The highest BCUT2D eigenvalue weighted by atomic mass is 19.4. The van der Waals surface area contributed by atoms with E-state index in [-0.39, 0.29) is 24.1 Å². The highest BCUT2D eigenvalue weighted by Crippen LogP contribution is 2.31. The van der Waals surface area contributed by atoms with Gasteiger partial charge in [0, 0.05) is 24.2 Å². The van der Waals surface area contributed by atoms with Gasteiger partial charge in [-0.25, -0.2) is 0 Å². The number of alkyl halides is 3. The molecule has 1 aliphatic heterocycles. The number of nitrogens with zero attached hydrogens (tertiary/aromatic N) is 3. The van der Waals surface area contributed by atoms with Crippen LogP contribution in [0.5, 0.6) is 0 Å². The van der Waals surface area contributed by atoms with Crippen LogP contribution >= 0.6 is 0 Å². The number of carbonyl (C=O) groups is 2. The molecule has 0 radical (unpaired) electrons. The van der Waals surface area contributed by atoms with Crippen molar-refractivity contribution in [2.75, 3.05) is 11.4 Å². The Hall–Kier alpha value is -3.69. The molecule has 0 bridgehead atoms. The predicted octanol–water partition coefficient (Wildman–Crippen LogP) is 3.61. The van der Waals surface area contributed by atoms with E-state index in [9.17, 15) is 22.8 Å². The quantitative estimate of drug-likeness (QED) is 0.628. The Bertz CT molecular complexity index is 1100. The predicted molar refractivity (Wildman–Crippen MR) is 108 cm³/mol. The van der Waals surface area contributed by atoms with Crippen molar-refractivity contribution in [1.82, 2.24) is 15.5 Å². The van der Waals surface area contributed by atoms with Crippen LogP contribution in [0.15, 0.2) is 59.1 Å². The van der Waals surface area contributed by atoms with Crippen molar-refractivity contribution >= 4 is 17.5 Å².